The van der Waals surface area contributed by atoms with Crippen LogP contribution in [0.5, 0.6) is 0 Å². The summed E-state index contributed by atoms with van der Waals surface area (Å²) in [5, 5.41) is 2.67. The molecule has 3 nitrogen and oxygen atoms in total. The highest BCUT2D eigenvalue weighted by molar-refractivity contribution is 5.85. The van der Waals surface area contributed by atoms with Gasteiger partial charge in [-0.1, -0.05) is 30.3 Å². The lowest BCUT2D eigenvalue weighted by molar-refractivity contribution is -0.165. The number of amides is 1. The lowest BCUT2D eigenvalue weighted by Gasteiger charge is -2.35. The minimum Gasteiger partial charge on any atom is -0.349 e. The van der Waals surface area contributed by atoms with E-state index in [0.717, 1.165) is 32.4 Å². The lowest BCUT2D eigenvalue weighted by Crippen LogP contribution is -2.52. The molecule has 3 rings (SSSR count). The van der Waals surface area contributed by atoms with Crippen LogP contribution in [0.3, 0.4) is 0 Å². The van der Waals surface area contributed by atoms with Gasteiger partial charge in [-0.2, -0.15) is 13.2 Å². The maximum absolute atomic E-state index is 13.3. The van der Waals surface area contributed by atoms with Gasteiger partial charge in [-0.15, -0.1) is 0 Å². The molecule has 1 aliphatic carbocycles. The van der Waals surface area contributed by atoms with Crippen LogP contribution in [-0.2, 0) is 4.79 Å². The van der Waals surface area contributed by atoms with E-state index in [1.807, 2.05) is 0 Å². The highest BCUT2D eigenvalue weighted by Gasteiger charge is 2.51. The third kappa shape index (κ3) is 3.27. The number of nitrogens with zero attached hydrogens (tertiary/aromatic N) is 1. The molecule has 120 valence electrons. The van der Waals surface area contributed by atoms with E-state index in [2.05, 4.69) is 10.2 Å². The highest BCUT2D eigenvalue weighted by Crippen LogP contribution is 2.40. The number of rotatable bonds is 5. The summed E-state index contributed by atoms with van der Waals surface area (Å²) in [6.07, 6.45) is -1.94. The van der Waals surface area contributed by atoms with E-state index in [0.29, 0.717) is 6.54 Å². The monoisotopic (exact) mass is 312 g/mol. The Balaban J connectivity index is 1.72. The molecule has 0 bridgehead atoms. The van der Waals surface area contributed by atoms with Crippen molar-refractivity contribution >= 4 is 5.91 Å². The number of carbonyl (C=O) groups is 1. The number of hydrogen-bond donors (Lipinski definition) is 1. The molecule has 1 aliphatic heterocycles. The van der Waals surface area contributed by atoms with Crippen molar-refractivity contribution in [2.24, 2.45) is 0 Å². The number of nitrogens with one attached hydrogen (secondary N) is 1. The van der Waals surface area contributed by atoms with Crippen LogP contribution >= 0.6 is 0 Å². The Kier molecular flexibility index (Phi) is 3.89. The quantitative estimate of drug-likeness (QED) is 0.906. The van der Waals surface area contributed by atoms with Gasteiger partial charge in [0.05, 0.1) is 5.54 Å². The van der Waals surface area contributed by atoms with E-state index in [4.69, 9.17) is 0 Å². The molecule has 1 saturated carbocycles. The molecule has 1 unspecified atom stereocenters. The fraction of sp³-hybridized carbons (Fsp3) is 0.562. The molecule has 2 fully saturated rings. The Morgan fingerprint density at radius 3 is 2.32 bits per heavy atom. The average molecular weight is 312 g/mol. The first-order valence-electron chi connectivity index (χ1n) is 7.56. The van der Waals surface area contributed by atoms with E-state index in [-0.39, 0.29) is 5.56 Å². The molecule has 2 aliphatic rings. The van der Waals surface area contributed by atoms with Gasteiger partial charge >= 0.3 is 6.18 Å². The molecule has 0 radical (unpaired) electrons. The Morgan fingerprint density at radius 1 is 1.23 bits per heavy atom. The van der Waals surface area contributed by atoms with Gasteiger partial charge in [0.25, 0.3) is 0 Å². The normalized spacial score (nSPS) is 21.8. The second-order valence-corrected chi connectivity index (χ2v) is 6.28. The predicted molar refractivity (Wildman–Crippen MR) is 76.4 cm³/mol. The van der Waals surface area contributed by atoms with Crippen LogP contribution < -0.4 is 5.32 Å². The summed E-state index contributed by atoms with van der Waals surface area (Å²) in [4.78, 5) is 14.5. The Hall–Kier alpha value is -1.56. The van der Waals surface area contributed by atoms with Crippen LogP contribution in [-0.4, -0.2) is 42.2 Å². The molecule has 1 N–H and O–H groups in total. The Bertz CT molecular complexity index is 536. The van der Waals surface area contributed by atoms with Crippen LogP contribution in [0.4, 0.5) is 13.2 Å². The average Bonchev–Trinajstić information content (AvgIpc) is 3.14. The molecule has 1 amide bonds. The van der Waals surface area contributed by atoms with Crippen molar-refractivity contribution in [2.75, 3.05) is 19.6 Å². The maximum Gasteiger partial charge on any atom is 0.404 e. The SMILES string of the molecule is O=C(NC1(CN2CCC2)CC1)C(c1ccccc1)C(F)(F)F. The van der Waals surface area contributed by atoms with Gasteiger partial charge in [0.1, 0.15) is 0 Å². The smallest absolute Gasteiger partial charge is 0.349 e. The zero-order valence-corrected chi connectivity index (χ0v) is 12.2. The number of alkyl halides is 3. The van der Waals surface area contributed by atoms with Gasteiger partial charge in [-0.25, -0.2) is 0 Å². The molecule has 6 heteroatoms. The van der Waals surface area contributed by atoms with E-state index in [1.165, 1.54) is 24.3 Å². The summed E-state index contributed by atoms with van der Waals surface area (Å²) in [5.74, 6) is -3.03. The summed E-state index contributed by atoms with van der Waals surface area (Å²) >= 11 is 0. The highest BCUT2D eigenvalue weighted by atomic mass is 19.4. The maximum atomic E-state index is 13.3. The molecule has 1 aromatic rings. The van der Waals surface area contributed by atoms with Gasteiger partial charge in [0, 0.05) is 6.54 Å². The number of halogens is 3. The minimum absolute atomic E-state index is 0.00718. The van der Waals surface area contributed by atoms with Crippen LogP contribution in [0.25, 0.3) is 0 Å². The third-order valence-electron chi connectivity index (χ3n) is 4.44. The third-order valence-corrected chi connectivity index (χ3v) is 4.44. The van der Waals surface area contributed by atoms with Crippen LogP contribution in [0.2, 0.25) is 0 Å². The standard InChI is InChI=1S/C16H19F3N2O/c17-16(18,19)13(12-5-2-1-3-6-12)14(22)20-15(7-8-15)11-21-9-4-10-21/h1-3,5-6,13H,4,7-11H2,(H,20,22). The van der Waals surface area contributed by atoms with E-state index >= 15 is 0 Å². The Labute approximate surface area is 127 Å². The van der Waals surface area contributed by atoms with Gasteiger partial charge in [0.2, 0.25) is 5.91 Å². The summed E-state index contributed by atoms with van der Waals surface area (Å²) in [7, 11) is 0. The first-order chi connectivity index (χ1) is 10.4. The zero-order valence-electron chi connectivity index (χ0n) is 12.2. The van der Waals surface area contributed by atoms with Crippen molar-refractivity contribution in [1.29, 1.82) is 0 Å². The van der Waals surface area contributed by atoms with Crippen LogP contribution in [0, 0.1) is 0 Å². The van der Waals surface area contributed by atoms with Gasteiger partial charge < -0.3 is 10.2 Å². The van der Waals surface area contributed by atoms with Crippen molar-refractivity contribution in [3.63, 3.8) is 0 Å². The van der Waals surface area contributed by atoms with Crippen molar-refractivity contribution in [3.8, 4) is 0 Å². The fourth-order valence-corrected chi connectivity index (χ4v) is 2.91. The fourth-order valence-electron chi connectivity index (χ4n) is 2.91. The molecular formula is C16H19F3N2O. The van der Waals surface area contributed by atoms with E-state index < -0.39 is 23.5 Å². The minimum atomic E-state index is -4.59. The van der Waals surface area contributed by atoms with Crippen molar-refractivity contribution in [3.05, 3.63) is 35.9 Å². The number of likely N-dealkylation sites (tertiary alicyclic amines) is 1. The van der Waals surface area contributed by atoms with Gasteiger partial charge in [-0.3, -0.25) is 4.79 Å². The first kappa shape index (κ1) is 15.3. The molecule has 1 atom stereocenters. The van der Waals surface area contributed by atoms with Crippen LogP contribution in [0.1, 0.15) is 30.7 Å². The van der Waals surface area contributed by atoms with Crippen LogP contribution in [0.15, 0.2) is 30.3 Å². The summed E-state index contributed by atoms with van der Waals surface area (Å²) < 4.78 is 40.0. The number of hydrogen-bond acceptors (Lipinski definition) is 2. The molecule has 22 heavy (non-hydrogen) atoms. The number of benzene rings is 1. The number of carbonyl (C=O) groups excluding carboxylic acids is 1. The van der Waals surface area contributed by atoms with Gasteiger partial charge in [-0.05, 0) is 37.9 Å². The van der Waals surface area contributed by atoms with Crippen molar-refractivity contribution in [1.82, 2.24) is 10.2 Å². The molecule has 1 heterocycles. The summed E-state index contributed by atoms with van der Waals surface area (Å²) in [5.41, 5.74) is -0.456. The molecule has 0 spiro atoms. The van der Waals surface area contributed by atoms with Crippen molar-refractivity contribution < 1.29 is 18.0 Å². The largest absolute Gasteiger partial charge is 0.404 e. The van der Waals surface area contributed by atoms with Crippen molar-refractivity contribution in [2.45, 2.75) is 36.9 Å². The second kappa shape index (κ2) is 5.57. The molecule has 0 aromatic heterocycles. The first-order valence-corrected chi connectivity index (χ1v) is 7.56. The molecular weight excluding hydrogens is 293 g/mol. The lowest BCUT2D eigenvalue weighted by atomic mass is 9.97. The summed E-state index contributed by atoms with van der Waals surface area (Å²) in [6.45, 7) is 2.61. The predicted octanol–water partition coefficient (Wildman–Crippen LogP) is 2.69. The van der Waals surface area contributed by atoms with Gasteiger partial charge in [0.15, 0.2) is 5.92 Å². The van der Waals surface area contributed by atoms with E-state index in [1.54, 1.807) is 6.07 Å². The molecule has 1 saturated heterocycles. The topological polar surface area (TPSA) is 32.3 Å². The molecule has 1 aromatic carbocycles. The van der Waals surface area contributed by atoms with E-state index in [9.17, 15) is 18.0 Å². The zero-order chi connectivity index (χ0) is 15.8. The second-order valence-electron chi connectivity index (χ2n) is 6.28. The summed E-state index contributed by atoms with van der Waals surface area (Å²) in [6, 6.07) is 7.39. The Morgan fingerprint density at radius 2 is 1.86 bits per heavy atom.